The van der Waals surface area contributed by atoms with Crippen molar-refractivity contribution in [1.29, 1.82) is 0 Å². The average Bonchev–Trinajstić information content (AvgIpc) is 1.96. The van der Waals surface area contributed by atoms with Crippen LogP contribution >= 0.6 is 0 Å². The van der Waals surface area contributed by atoms with Crippen LogP contribution in [0.25, 0.3) is 0 Å². The van der Waals surface area contributed by atoms with Gasteiger partial charge in [-0.25, -0.2) is 0 Å². The first-order chi connectivity index (χ1) is 6.73. The Morgan fingerprint density at radius 2 is 1.93 bits per heavy atom. The Labute approximate surface area is 89.8 Å². The fourth-order valence-electron chi connectivity index (χ4n) is 1.08. The van der Waals surface area contributed by atoms with Crippen LogP contribution in [0.3, 0.4) is 0 Å². The Bertz CT molecular complexity index is 236. The van der Waals surface area contributed by atoms with Crippen LogP contribution in [0.1, 0.15) is 34.1 Å². The number of hydrogen-bond acceptors (Lipinski definition) is 3. The number of ether oxygens (including phenoxy) is 1. The van der Waals surface area contributed by atoms with Gasteiger partial charge >= 0.3 is 5.97 Å². The lowest BCUT2D eigenvalue weighted by Crippen LogP contribution is -2.46. The number of aliphatic carboxylic acids is 1. The van der Waals surface area contributed by atoms with Gasteiger partial charge in [-0.1, -0.05) is 0 Å². The van der Waals surface area contributed by atoms with Crippen LogP contribution in [0.15, 0.2) is 0 Å². The second kappa shape index (κ2) is 5.70. The minimum atomic E-state index is -0.940. The van der Waals surface area contributed by atoms with Gasteiger partial charge in [-0.15, -0.1) is 0 Å². The fourth-order valence-corrected chi connectivity index (χ4v) is 1.08. The molecule has 0 heterocycles. The molecule has 0 saturated carbocycles. The number of amides is 1. The molecule has 0 aliphatic heterocycles. The molecule has 88 valence electrons. The first-order valence-corrected chi connectivity index (χ1v) is 4.87. The molecule has 5 nitrogen and oxygen atoms in total. The fraction of sp³-hybridized carbons (Fsp3) is 0.800. The molecular weight excluding hydrogens is 198 g/mol. The standard InChI is InChI=1S/C10H19NO4/c1-7(2)15-6-8(12)11-10(3,4)5-9(13)14/h7H,5-6H2,1-4H3,(H,11,12)(H,13,14). The molecule has 5 heteroatoms. The minimum absolute atomic E-state index is 0.0154. The van der Waals surface area contributed by atoms with Crippen LogP contribution < -0.4 is 5.32 Å². The first kappa shape index (κ1) is 13.9. The van der Waals surface area contributed by atoms with Gasteiger partial charge in [-0.2, -0.15) is 0 Å². The molecule has 0 spiro atoms. The lowest BCUT2D eigenvalue weighted by atomic mass is 10.0. The van der Waals surface area contributed by atoms with E-state index < -0.39 is 11.5 Å². The predicted octanol–water partition coefficient (Wildman–Crippen LogP) is 0.781. The summed E-state index contributed by atoms with van der Waals surface area (Å²) in [7, 11) is 0. The molecule has 2 N–H and O–H groups in total. The molecule has 0 unspecified atom stereocenters. The molecule has 0 rings (SSSR count). The second-order valence-electron chi connectivity index (χ2n) is 4.36. The summed E-state index contributed by atoms with van der Waals surface area (Å²) in [6, 6.07) is 0. The third-order valence-electron chi connectivity index (χ3n) is 1.62. The van der Waals surface area contributed by atoms with Crippen molar-refractivity contribution < 1.29 is 19.4 Å². The van der Waals surface area contributed by atoms with Crippen molar-refractivity contribution in [2.24, 2.45) is 0 Å². The molecule has 0 bridgehead atoms. The third-order valence-corrected chi connectivity index (χ3v) is 1.62. The molecule has 15 heavy (non-hydrogen) atoms. The normalized spacial score (nSPS) is 11.5. The van der Waals surface area contributed by atoms with Crippen LogP contribution in [0, 0.1) is 0 Å². The predicted molar refractivity (Wildman–Crippen MR) is 55.6 cm³/mol. The number of hydrogen-bond donors (Lipinski definition) is 2. The van der Waals surface area contributed by atoms with E-state index in [9.17, 15) is 9.59 Å². The van der Waals surface area contributed by atoms with Crippen molar-refractivity contribution in [2.75, 3.05) is 6.61 Å². The van der Waals surface area contributed by atoms with E-state index in [1.165, 1.54) is 0 Å². The van der Waals surface area contributed by atoms with Crippen molar-refractivity contribution in [2.45, 2.75) is 45.8 Å². The van der Waals surface area contributed by atoms with Crippen molar-refractivity contribution in [3.05, 3.63) is 0 Å². The summed E-state index contributed by atoms with van der Waals surface area (Å²) in [6.45, 7) is 6.94. The number of carboxylic acid groups (broad SMARTS) is 1. The zero-order valence-corrected chi connectivity index (χ0v) is 9.66. The first-order valence-electron chi connectivity index (χ1n) is 4.87. The van der Waals surface area contributed by atoms with Crippen molar-refractivity contribution >= 4 is 11.9 Å². The van der Waals surface area contributed by atoms with Gasteiger partial charge in [0.1, 0.15) is 6.61 Å². The number of nitrogens with one attached hydrogen (secondary N) is 1. The lowest BCUT2D eigenvalue weighted by Gasteiger charge is -2.24. The van der Waals surface area contributed by atoms with E-state index in [1.807, 2.05) is 13.8 Å². The second-order valence-corrected chi connectivity index (χ2v) is 4.36. The van der Waals surface area contributed by atoms with E-state index in [2.05, 4.69) is 5.32 Å². The minimum Gasteiger partial charge on any atom is -0.481 e. The summed E-state index contributed by atoms with van der Waals surface area (Å²) in [4.78, 5) is 21.8. The zero-order valence-electron chi connectivity index (χ0n) is 9.66. The van der Waals surface area contributed by atoms with E-state index in [0.717, 1.165) is 0 Å². The maximum Gasteiger partial charge on any atom is 0.305 e. The molecule has 0 aliphatic rings. The summed E-state index contributed by atoms with van der Waals surface area (Å²) >= 11 is 0. The van der Waals surface area contributed by atoms with Gasteiger partial charge in [0.05, 0.1) is 12.5 Å². The molecule has 0 atom stereocenters. The largest absolute Gasteiger partial charge is 0.481 e. The van der Waals surface area contributed by atoms with Crippen molar-refractivity contribution in [3.63, 3.8) is 0 Å². The SMILES string of the molecule is CC(C)OCC(=O)NC(C)(C)CC(=O)O. The molecule has 0 aromatic carbocycles. The van der Waals surface area contributed by atoms with Gasteiger partial charge < -0.3 is 15.2 Å². The third kappa shape index (κ3) is 7.93. The number of carbonyl (C=O) groups is 2. The Morgan fingerprint density at radius 1 is 1.40 bits per heavy atom. The van der Waals surface area contributed by atoms with Crippen LogP contribution in [0.5, 0.6) is 0 Å². The number of carboxylic acids is 1. The highest BCUT2D eigenvalue weighted by Crippen LogP contribution is 2.07. The smallest absolute Gasteiger partial charge is 0.305 e. The summed E-state index contributed by atoms with van der Waals surface area (Å²) < 4.78 is 5.10. The van der Waals surface area contributed by atoms with E-state index in [1.54, 1.807) is 13.8 Å². The van der Waals surface area contributed by atoms with Crippen LogP contribution in [0.2, 0.25) is 0 Å². The van der Waals surface area contributed by atoms with E-state index in [-0.39, 0.29) is 25.0 Å². The topological polar surface area (TPSA) is 75.6 Å². The molecule has 0 fully saturated rings. The van der Waals surface area contributed by atoms with Crippen LogP contribution in [0.4, 0.5) is 0 Å². The molecule has 0 saturated heterocycles. The summed E-state index contributed by atoms with van der Waals surface area (Å²) in [5.41, 5.74) is -0.747. The monoisotopic (exact) mass is 217 g/mol. The van der Waals surface area contributed by atoms with Crippen molar-refractivity contribution in [1.82, 2.24) is 5.32 Å². The Balaban J connectivity index is 3.98. The zero-order chi connectivity index (χ0) is 12.1. The van der Waals surface area contributed by atoms with Gasteiger partial charge in [0, 0.05) is 5.54 Å². The highest BCUT2D eigenvalue weighted by molar-refractivity contribution is 5.79. The van der Waals surface area contributed by atoms with Gasteiger partial charge in [0.15, 0.2) is 0 Å². The van der Waals surface area contributed by atoms with E-state index in [4.69, 9.17) is 9.84 Å². The molecule has 0 radical (unpaired) electrons. The molecule has 1 amide bonds. The number of carbonyl (C=O) groups excluding carboxylic acids is 1. The Hall–Kier alpha value is -1.10. The quantitative estimate of drug-likeness (QED) is 0.689. The van der Waals surface area contributed by atoms with E-state index >= 15 is 0 Å². The van der Waals surface area contributed by atoms with Gasteiger partial charge in [0.2, 0.25) is 5.91 Å². The van der Waals surface area contributed by atoms with Crippen LogP contribution in [-0.4, -0.2) is 35.2 Å². The van der Waals surface area contributed by atoms with Gasteiger partial charge in [-0.05, 0) is 27.7 Å². The highest BCUT2D eigenvalue weighted by Gasteiger charge is 2.23. The summed E-state index contributed by atoms with van der Waals surface area (Å²) in [5.74, 6) is -1.24. The number of rotatable bonds is 6. The van der Waals surface area contributed by atoms with Crippen molar-refractivity contribution in [3.8, 4) is 0 Å². The molecular formula is C10H19NO4. The maximum atomic E-state index is 11.3. The molecule has 0 aromatic heterocycles. The summed E-state index contributed by atoms with van der Waals surface area (Å²) in [5, 5.41) is 11.2. The van der Waals surface area contributed by atoms with Crippen LogP contribution in [-0.2, 0) is 14.3 Å². The lowest BCUT2D eigenvalue weighted by molar-refractivity contribution is -0.139. The molecule has 0 aromatic rings. The Kier molecular flexibility index (Phi) is 5.28. The summed E-state index contributed by atoms with van der Waals surface area (Å²) in [6.07, 6.45) is -0.126. The average molecular weight is 217 g/mol. The van der Waals surface area contributed by atoms with Gasteiger partial charge in [-0.3, -0.25) is 9.59 Å². The van der Waals surface area contributed by atoms with E-state index in [0.29, 0.717) is 0 Å². The maximum absolute atomic E-state index is 11.3. The Morgan fingerprint density at radius 3 is 2.33 bits per heavy atom. The van der Waals surface area contributed by atoms with Gasteiger partial charge in [0.25, 0.3) is 0 Å². The molecule has 0 aliphatic carbocycles. The highest BCUT2D eigenvalue weighted by atomic mass is 16.5.